The lowest BCUT2D eigenvalue weighted by Crippen LogP contribution is -2.26. The third-order valence-corrected chi connectivity index (χ3v) is 2.54. The van der Waals surface area contributed by atoms with Gasteiger partial charge in [0, 0.05) is 11.6 Å². The van der Waals surface area contributed by atoms with Crippen molar-refractivity contribution in [2.45, 2.75) is 26.4 Å². The van der Waals surface area contributed by atoms with E-state index in [2.05, 4.69) is 6.58 Å². The molecule has 0 N–H and O–H groups in total. The molecule has 0 radical (unpaired) electrons. The van der Waals surface area contributed by atoms with Crippen LogP contribution in [0.1, 0.15) is 26.3 Å². The summed E-state index contributed by atoms with van der Waals surface area (Å²) in [5, 5.41) is 0.998. The SMILES string of the molecule is C=Cc1ccc2c(ccn2C(=O)OC(C)(C)C)c1. The topological polar surface area (TPSA) is 31.2 Å². The van der Waals surface area contributed by atoms with Crippen LogP contribution in [0.4, 0.5) is 4.79 Å². The van der Waals surface area contributed by atoms with Crippen LogP contribution < -0.4 is 0 Å². The first kappa shape index (κ1) is 12.4. The monoisotopic (exact) mass is 243 g/mol. The van der Waals surface area contributed by atoms with Crippen LogP contribution in [0.15, 0.2) is 37.0 Å². The average molecular weight is 243 g/mol. The van der Waals surface area contributed by atoms with Crippen LogP contribution in [0.3, 0.4) is 0 Å². The summed E-state index contributed by atoms with van der Waals surface area (Å²) in [6.45, 7) is 9.29. The predicted octanol–water partition coefficient (Wildman–Crippen LogP) is 4.07. The van der Waals surface area contributed by atoms with Crippen molar-refractivity contribution in [1.82, 2.24) is 4.57 Å². The lowest BCUT2D eigenvalue weighted by molar-refractivity contribution is 0.0544. The van der Waals surface area contributed by atoms with Gasteiger partial charge in [0.05, 0.1) is 5.52 Å². The number of carbonyl (C=O) groups is 1. The molecule has 0 saturated carbocycles. The van der Waals surface area contributed by atoms with E-state index in [9.17, 15) is 4.79 Å². The van der Waals surface area contributed by atoms with Crippen LogP contribution in [0.2, 0.25) is 0 Å². The van der Waals surface area contributed by atoms with Gasteiger partial charge in [0.1, 0.15) is 5.60 Å². The number of fused-ring (bicyclic) bond motifs is 1. The average Bonchev–Trinajstić information content (AvgIpc) is 2.69. The number of rotatable bonds is 1. The summed E-state index contributed by atoms with van der Waals surface area (Å²) in [5.74, 6) is 0. The minimum absolute atomic E-state index is 0.358. The third kappa shape index (κ3) is 2.45. The lowest BCUT2D eigenvalue weighted by Gasteiger charge is -2.19. The van der Waals surface area contributed by atoms with Gasteiger partial charge in [0.2, 0.25) is 0 Å². The highest BCUT2D eigenvalue weighted by Crippen LogP contribution is 2.20. The van der Waals surface area contributed by atoms with E-state index in [1.165, 1.54) is 4.57 Å². The van der Waals surface area contributed by atoms with E-state index in [-0.39, 0.29) is 6.09 Å². The number of hydrogen-bond donors (Lipinski definition) is 0. The number of ether oxygens (including phenoxy) is 1. The van der Waals surface area contributed by atoms with E-state index >= 15 is 0 Å². The summed E-state index contributed by atoms with van der Waals surface area (Å²) >= 11 is 0. The molecular weight excluding hydrogens is 226 g/mol. The normalized spacial score (nSPS) is 11.5. The maximum atomic E-state index is 12.0. The third-order valence-electron chi connectivity index (χ3n) is 2.54. The Morgan fingerprint density at radius 2 is 2.06 bits per heavy atom. The molecule has 0 bridgehead atoms. The summed E-state index contributed by atoms with van der Waals surface area (Å²) in [6.07, 6.45) is 3.15. The molecule has 3 heteroatoms. The molecule has 0 aliphatic heterocycles. The van der Waals surface area contributed by atoms with Gasteiger partial charge in [-0.15, -0.1) is 0 Å². The largest absolute Gasteiger partial charge is 0.443 e. The molecule has 1 aromatic carbocycles. The molecule has 2 aromatic rings. The number of nitrogens with zero attached hydrogens (tertiary/aromatic N) is 1. The van der Waals surface area contributed by atoms with Crippen LogP contribution in [0.5, 0.6) is 0 Å². The Kier molecular flexibility index (Phi) is 2.99. The van der Waals surface area contributed by atoms with Gasteiger partial charge in [0.15, 0.2) is 0 Å². The number of carbonyl (C=O) groups excluding carboxylic acids is 1. The van der Waals surface area contributed by atoms with E-state index in [0.717, 1.165) is 16.5 Å². The second-order valence-electron chi connectivity index (χ2n) is 5.19. The van der Waals surface area contributed by atoms with Crippen molar-refractivity contribution in [2.75, 3.05) is 0 Å². The molecule has 0 fully saturated rings. The van der Waals surface area contributed by atoms with E-state index < -0.39 is 5.60 Å². The summed E-state index contributed by atoms with van der Waals surface area (Å²) in [7, 11) is 0. The van der Waals surface area contributed by atoms with Crippen molar-refractivity contribution >= 4 is 23.1 Å². The number of aromatic nitrogens is 1. The van der Waals surface area contributed by atoms with Gasteiger partial charge in [-0.3, -0.25) is 4.57 Å². The Labute approximate surface area is 107 Å². The van der Waals surface area contributed by atoms with Crippen molar-refractivity contribution in [3.8, 4) is 0 Å². The highest BCUT2D eigenvalue weighted by atomic mass is 16.6. The van der Waals surface area contributed by atoms with Gasteiger partial charge in [-0.05, 0) is 44.5 Å². The van der Waals surface area contributed by atoms with Crippen LogP contribution in [0, 0.1) is 0 Å². The van der Waals surface area contributed by atoms with Gasteiger partial charge in [-0.2, -0.15) is 0 Å². The number of benzene rings is 1. The van der Waals surface area contributed by atoms with Gasteiger partial charge < -0.3 is 4.74 Å². The maximum absolute atomic E-state index is 12.0. The molecule has 94 valence electrons. The van der Waals surface area contributed by atoms with Crippen LogP contribution >= 0.6 is 0 Å². The standard InChI is InChI=1S/C15H17NO2/c1-5-11-6-7-13-12(10-11)8-9-16(13)14(17)18-15(2,3)4/h5-10H,1H2,2-4H3. The fourth-order valence-corrected chi connectivity index (χ4v) is 1.76. The zero-order valence-corrected chi connectivity index (χ0v) is 10.9. The first-order valence-corrected chi connectivity index (χ1v) is 5.87. The Balaban J connectivity index is 2.41. The Hall–Kier alpha value is -2.03. The van der Waals surface area contributed by atoms with Gasteiger partial charge in [-0.25, -0.2) is 4.79 Å². The quantitative estimate of drug-likeness (QED) is 0.756. The molecule has 0 amide bonds. The van der Waals surface area contributed by atoms with Crippen LogP contribution in [-0.2, 0) is 4.74 Å². The highest BCUT2D eigenvalue weighted by molar-refractivity contribution is 5.90. The number of hydrogen-bond acceptors (Lipinski definition) is 2. The van der Waals surface area contributed by atoms with Crippen molar-refractivity contribution in [3.05, 3.63) is 42.6 Å². The zero-order valence-electron chi connectivity index (χ0n) is 10.9. The first-order chi connectivity index (χ1) is 8.40. The minimum atomic E-state index is -0.491. The van der Waals surface area contributed by atoms with Crippen molar-refractivity contribution in [1.29, 1.82) is 0 Å². The summed E-state index contributed by atoms with van der Waals surface area (Å²) < 4.78 is 6.87. The minimum Gasteiger partial charge on any atom is -0.443 e. The van der Waals surface area contributed by atoms with Gasteiger partial charge >= 0.3 is 6.09 Å². The second-order valence-corrected chi connectivity index (χ2v) is 5.19. The molecule has 1 heterocycles. The van der Waals surface area contributed by atoms with E-state index in [1.807, 2.05) is 45.0 Å². The molecule has 0 atom stereocenters. The highest BCUT2D eigenvalue weighted by Gasteiger charge is 2.18. The molecule has 2 rings (SSSR count). The van der Waals surface area contributed by atoms with Gasteiger partial charge in [0.25, 0.3) is 0 Å². The Morgan fingerprint density at radius 1 is 1.33 bits per heavy atom. The van der Waals surface area contributed by atoms with Gasteiger partial charge in [-0.1, -0.05) is 18.7 Å². The van der Waals surface area contributed by atoms with Crippen molar-refractivity contribution in [3.63, 3.8) is 0 Å². The maximum Gasteiger partial charge on any atom is 0.418 e. The van der Waals surface area contributed by atoms with Crippen molar-refractivity contribution < 1.29 is 9.53 Å². The molecular formula is C15H17NO2. The van der Waals surface area contributed by atoms with Crippen LogP contribution in [-0.4, -0.2) is 16.3 Å². The molecule has 0 aliphatic carbocycles. The molecule has 18 heavy (non-hydrogen) atoms. The van der Waals surface area contributed by atoms with Crippen molar-refractivity contribution in [2.24, 2.45) is 0 Å². The Morgan fingerprint density at radius 3 is 2.67 bits per heavy atom. The molecule has 0 aliphatic rings. The summed E-state index contributed by atoms with van der Waals surface area (Å²) in [6, 6.07) is 7.71. The molecule has 3 nitrogen and oxygen atoms in total. The zero-order chi connectivity index (χ0) is 13.3. The molecule has 0 unspecified atom stereocenters. The molecule has 1 aromatic heterocycles. The summed E-state index contributed by atoms with van der Waals surface area (Å²) in [4.78, 5) is 12.0. The molecule has 0 spiro atoms. The Bertz CT molecular complexity index is 602. The fourth-order valence-electron chi connectivity index (χ4n) is 1.76. The van der Waals surface area contributed by atoms with E-state index in [4.69, 9.17) is 4.74 Å². The fraction of sp³-hybridized carbons (Fsp3) is 0.267. The van der Waals surface area contributed by atoms with Crippen LogP contribution in [0.25, 0.3) is 17.0 Å². The van der Waals surface area contributed by atoms with E-state index in [1.54, 1.807) is 12.3 Å². The lowest BCUT2D eigenvalue weighted by atomic mass is 10.1. The predicted molar refractivity (Wildman–Crippen MR) is 73.7 cm³/mol. The summed E-state index contributed by atoms with van der Waals surface area (Å²) in [5.41, 5.74) is 1.38. The smallest absolute Gasteiger partial charge is 0.418 e. The molecule has 0 saturated heterocycles. The van der Waals surface area contributed by atoms with E-state index in [0.29, 0.717) is 0 Å². The second kappa shape index (κ2) is 4.33. The first-order valence-electron chi connectivity index (χ1n) is 5.87.